The van der Waals surface area contributed by atoms with Crippen LogP contribution in [0, 0.1) is 0 Å². The highest BCUT2D eigenvalue weighted by Gasteiger charge is 2.30. The van der Waals surface area contributed by atoms with Crippen molar-refractivity contribution in [2.75, 3.05) is 0 Å². The second-order valence-corrected chi connectivity index (χ2v) is 4.82. The summed E-state index contributed by atoms with van der Waals surface area (Å²) in [7, 11) is 0. The molecule has 0 unspecified atom stereocenters. The first-order chi connectivity index (χ1) is 8.99. The first-order valence-electron chi connectivity index (χ1n) is 6.05. The fourth-order valence-electron chi connectivity index (χ4n) is 2.43. The Bertz CT molecular complexity index is 704. The fraction of sp³-hybridized carbons (Fsp3) is 0.308. The molecule has 3 rings (SSSR count). The second-order valence-electron chi connectivity index (χ2n) is 4.82. The zero-order valence-electron chi connectivity index (χ0n) is 10.5. The molecule has 0 bridgehead atoms. The van der Waals surface area contributed by atoms with Gasteiger partial charge in [0.25, 0.3) is 5.91 Å². The highest BCUT2D eigenvalue weighted by molar-refractivity contribution is 5.99. The topological polar surface area (TPSA) is 84.2 Å². The number of amides is 1. The van der Waals surface area contributed by atoms with Crippen molar-refractivity contribution in [1.82, 2.24) is 14.9 Å². The Kier molecular flexibility index (Phi) is 2.35. The van der Waals surface area contributed by atoms with E-state index in [1.807, 2.05) is 18.4 Å². The molecule has 19 heavy (non-hydrogen) atoms. The second kappa shape index (κ2) is 3.81. The maximum absolute atomic E-state index is 12.0. The molecule has 98 valence electrons. The smallest absolute Gasteiger partial charge is 0.354 e. The van der Waals surface area contributed by atoms with Gasteiger partial charge in [0.2, 0.25) is 0 Å². The van der Waals surface area contributed by atoms with Crippen molar-refractivity contribution >= 4 is 22.9 Å². The largest absolute Gasteiger partial charge is 0.477 e. The van der Waals surface area contributed by atoms with Gasteiger partial charge in [0.05, 0.1) is 6.04 Å². The first-order valence-corrected chi connectivity index (χ1v) is 6.05. The van der Waals surface area contributed by atoms with Crippen LogP contribution in [-0.2, 0) is 0 Å². The third kappa shape index (κ3) is 1.60. The number of hydrogen-bond donors (Lipinski definition) is 2. The molecule has 0 aliphatic carbocycles. The van der Waals surface area contributed by atoms with Crippen molar-refractivity contribution in [3.8, 4) is 0 Å². The van der Waals surface area contributed by atoms with Crippen LogP contribution in [0.25, 0.3) is 11.0 Å². The van der Waals surface area contributed by atoms with Gasteiger partial charge in [0.1, 0.15) is 11.3 Å². The van der Waals surface area contributed by atoms with E-state index in [1.54, 1.807) is 12.1 Å². The maximum atomic E-state index is 12.0. The molecule has 2 N–H and O–H groups in total. The van der Waals surface area contributed by atoms with E-state index in [0.29, 0.717) is 11.3 Å². The van der Waals surface area contributed by atoms with E-state index in [1.165, 1.54) is 6.07 Å². The average Bonchev–Trinajstić information content (AvgIpc) is 2.75. The third-order valence-electron chi connectivity index (χ3n) is 3.63. The summed E-state index contributed by atoms with van der Waals surface area (Å²) in [5.74, 6) is -1.22. The minimum atomic E-state index is -1.07. The van der Waals surface area contributed by atoms with Crippen LogP contribution in [0.3, 0.4) is 0 Å². The number of pyridine rings is 1. The van der Waals surface area contributed by atoms with Crippen molar-refractivity contribution in [3.05, 3.63) is 29.6 Å². The van der Waals surface area contributed by atoms with Gasteiger partial charge >= 0.3 is 5.97 Å². The summed E-state index contributed by atoms with van der Waals surface area (Å²) in [4.78, 5) is 27.1. The van der Waals surface area contributed by atoms with Crippen LogP contribution in [0.4, 0.5) is 0 Å². The Morgan fingerprint density at radius 1 is 1.42 bits per heavy atom. The SMILES string of the molecule is C[C@H]1NC(=O)c2cc3ccc(C(=O)O)nc3n2[C@H]1C. The third-order valence-corrected chi connectivity index (χ3v) is 3.63. The van der Waals surface area contributed by atoms with E-state index in [0.717, 1.165) is 5.39 Å². The maximum Gasteiger partial charge on any atom is 0.354 e. The van der Waals surface area contributed by atoms with Crippen molar-refractivity contribution in [3.63, 3.8) is 0 Å². The van der Waals surface area contributed by atoms with E-state index in [9.17, 15) is 9.59 Å². The van der Waals surface area contributed by atoms with Crippen LogP contribution < -0.4 is 5.32 Å². The summed E-state index contributed by atoms with van der Waals surface area (Å²) in [6, 6.07) is 4.88. The number of carbonyl (C=O) groups is 2. The van der Waals surface area contributed by atoms with Crippen molar-refractivity contribution < 1.29 is 14.7 Å². The van der Waals surface area contributed by atoms with Gasteiger partial charge in [-0.2, -0.15) is 0 Å². The molecule has 1 aliphatic heterocycles. The van der Waals surface area contributed by atoms with Crippen LogP contribution in [0.2, 0.25) is 0 Å². The summed E-state index contributed by atoms with van der Waals surface area (Å²) in [6.45, 7) is 3.89. The van der Waals surface area contributed by atoms with Gasteiger partial charge in [-0.05, 0) is 32.0 Å². The lowest BCUT2D eigenvalue weighted by molar-refractivity contribution is 0.0690. The summed E-state index contributed by atoms with van der Waals surface area (Å²) in [6.07, 6.45) is 0. The Balaban J connectivity index is 2.31. The van der Waals surface area contributed by atoms with E-state index < -0.39 is 5.97 Å². The van der Waals surface area contributed by atoms with Gasteiger partial charge in [0.15, 0.2) is 5.69 Å². The molecule has 0 radical (unpaired) electrons. The van der Waals surface area contributed by atoms with Gasteiger partial charge in [-0.1, -0.05) is 0 Å². The predicted octanol–water partition coefficient (Wildman–Crippen LogP) is 1.43. The minimum Gasteiger partial charge on any atom is -0.477 e. The van der Waals surface area contributed by atoms with Crippen LogP contribution in [0.15, 0.2) is 18.2 Å². The molecule has 0 spiro atoms. The van der Waals surface area contributed by atoms with E-state index in [4.69, 9.17) is 5.11 Å². The number of aromatic carboxylic acids is 1. The van der Waals surface area contributed by atoms with Crippen LogP contribution in [-0.4, -0.2) is 32.6 Å². The van der Waals surface area contributed by atoms with Crippen molar-refractivity contribution in [2.45, 2.75) is 25.9 Å². The van der Waals surface area contributed by atoms with Crippen molar-refractivity contribution in [2.24, 2.45) is 0 Å². The number of nitrogens with one attached hydrogen (secondary N) is 1. The molecule has 1 aliphatic rings. The van der Waals surface area contributed by atoms with Gasteiger partial charge in [-0.3, -0.25) is 4.79 Å². The van der Waals surface area contributed by atoms with Gasteiger partial charge in [0, 0.05) is 11.4 Å². The molecule has 2 aromatic rings. The van der Waals surface area contributed by atoms with E-state index in [-0.39, 0.29) is 23.7 Å². The molecule has 6 heteroatoms. The molecule has 0 saturated carbocycles. The molecular weight excluding hydrogens is 246 g/mol. The zero-order valence-corrected chi connectivity index (χ0v) is 10.5. The molecule has 0 saturated heterocycles. The zero-order chi connectivity index (χ0) is 13.7. The highest BCUT2D eigenvalue weighted by atomic mass is 16.4. The lowest BCUT2D eigenvalue weighted by Crippen LogP contribution is -2.44. The van der Waals surface area contributed by atoms with Gasteiger partial charge in [-0.15, -0.1) is 0 Å². The number of carboxylic acid groups (broad SMARTS) is 1. The van der Waals surface area contributed by atoms with Gasteiger partial charge in [-0.25, -0.2) is 9.78 Å². The Morgan fingerprint density at radius 3 is 2.84 bits per heavy atom. The average molecular weight is 259 g/mol. The Morgan fingerprint density at radius 2 is 2.16 bits per heavy atom. The Labute approximate surface area is 109 Å². The van der Waals surface area contributed by atoms with Crippen molar-refractivity contribution in [1.29, 1.82) is 0 Å². The molecule has 1 amide bonds. The summed E-state index contributed by atoms with van der Waals surface area (Å²) >= 11 is 0. The standard InChI is InChI=1S/C13H13N3O3/c1-6-7(2)16-10(12(17)14-6)5-8-3-4-9(13(18)19)15-11(8)16/h3-7H,1-2H3,(H,14,17)(H,18,19)/t6-,7+/m1/s1. The van der Waals surface area contributed by atoms with Crippen LogP contribution in [0.5, 0.6) is 0 Å². The number of carboxylic acids is 1. The lowest BCUT2D eigenvalue weighted by atomic mass is 10.1. The number of nitrogens with zero attached hydrogens (tertiary/aromatic N) is 2. The normalized spacial score (nSPS) is 22.1. The monoisotopic (exact) mass is 259 g/mol. The molecule has 0 fully saturated rings. The minimum absolute atomic E-state index is 0.0146. The molecule has 2 atom stereocenters. The number of carbonyl (C=O) groups excluding carboxylic acids is 1. The predicted molar refractivity (Wildman–Crippen MR) is 68.3 cm³/mol. The molecule has 2 aromatic heterocycles. The van der Waals surface area contributed by atoms with Crippen LogP contribution in [0.1, 0.15) is 40.9 Å². The molecule has 0 aromatic carbocycles. The Hall–Kier alpha value is -2.37. The highest BCUT2D eigenvalue weighted by Crippen LogP contribution is 2.28. The molecule has 3 heterocycles. The lowest BCUT2D eigenvalue weighted by Gasteiger charge is -2.29. The summed E-state index contributed by atoms with van der Waals surface area (Å²) < 4.78 is 1.81. The number of rotatable bonds is 1. The number of aromatic nitrogens is 2. The fourth-order valence-corrected chi connectivity index (χ4v) is 2.43. The number of hydrogen-bond acceptors (Lipinski definition) is 3. The molecular formula is C13H13N3O3. The summed E-state index contributed by atoms with van der Waals surface area (Å²) in [5, 5.41) is 12.7. The van der Waals surface area contributed by atoms with E-state index >= 15 is 0 Å². The van der Waals surface area contributed by atoms with Gasteiger partial charge < -0.3 is 15.0 Å². The summed E-state index contributed by atoms with van der Waals surface area (Å²) in [5.41, 5.74) is 1.05. The van der Waals surface area contributed by atoms with E-state index in [2.05, 4.69) is 10.3 Å². The quantitative estimate of drug-likeness (QED) is 0.811. The van der Waals surface area contributed by atoms with Crippen LogP contribution >= 0.6 is 0 Å². The molecule has 6 nitrogen and oxygen atoms in total. The number of fused-ring (bicyclic) bond motifs is 3. The first kappa shape index (κ1) is 11.7.